The van der Waals surface area contributed by atoms with Gasteiger partial charge in [-0.1, -0.05) is 11.6 Å². The molecule has 0 fully saturated rings. The molecule has 0 aliphatic rings. The van der Waals surface area contributed by atoms with Crippen molar-refractivity contribution >= 4 is 21.6 Å². The van der Waals surface area contributed by atoms with Gasteiger partial charge in [-0.05, 0) is 32.0 Å². The maximum Gasteiger partial charge on any atom is 0.243 e. The molecule has 0 N–H and O–H groups in total. The minimum absolute atomic E-state index is 0.0411. The van der Waals surface area contributed by atoms with Gasteiger partial charge in [0.1, 0.15) is 5.82 Å². The standard InChI is InChI=1S/C14H17ClFN3O2S/c1-9-12(10(2)19(4)17-9)8-18(3)22(20,21)11-5-6-14(16)13(15)7-11/h5-7H,8H2,1-4H3. The van der Waals surface area contributed by atoms with Crippen molar-refractivity contribution in [1.29, 1.82) is 0 Å². The van der Waals surface area contributed by atoms with Crippen molar-refractivity contribution in [1.82, 2.24) is 14.1 Å². The quantitative estimate of drug-likeness (QED) is 0.856. The molecule has 2 aromatic rings. The minimum atomic E-state index is -3.76. The van der Waals surface area contributed by atoms with E-state index < -0.39 is 15.8 Å². The first-order chi connectivity index (χ1) is 10.1. The summed E-state index contributed by atoms with van der Waals surface area (Å²) in [6.07, 6.45) is 0. The second-order valence-electron chi connectivity index (χ2n) is 5.11. The fraction of sp³-hybridized carbons (Fsp3) is 0.357. The van der Waals surface area contributed by atoms with Crippen LogP contribution in [0.25, 0.3) is 0 Å². The molecule has 0 saturated heterocycles. The summed E-state index contributed by atoms with van der Waals surface area (Å²) in [5, 5.41) is 4.05. The molecule has 0 aliphatic heterocycles. The molecule has 0 aliphatic carbocycles. The Hall–Kier alpha value is -1.44. The first kappa shape index (κ1) is 16.9. The Bertz CT molecular complexity index is 818. The lowest BCUT2D eigenvalue weighted by Gasteiger charge is -2.17. The van der Waals surface area contributed by atoms with Crippen LogP contribution in [0.15, 0.2) is 23.1 Å². The Balaban J connectivity index is 2.35. The lowest BCUT2D eigenvalue weighted by molar-refractivity contribution is 0.465. The van der Waals surface area contributed by atoms with Gasteiger partial charge in [-0.3, -0.25) is 4.68 Å². The smallest absolute Gasteiger partial charge is 0.243 e. The second kappa shape index (κ2) is 5.98. The highest BCUT2D eigenvalue weighted by molar-refractivity contribution is 7.89. The van der Waals surface area contributed by atoms with Crippen LogP contribution in [-0.4, -0.2) is 29.6 Å². The number of hydrogen-bond donors (Lipinski definition) is 0. The van der Waals surface area contributed by atoms with Gasteiger partial charge >= 0.3 is 0 Å². The number of hydrogen-bond acceptors (Lipinski definition) is 3. The van der Waals surface area contributed by atoms with Crippen LogP contribution >= 0.6 is 11.6 Å². The van der Waals surface area contributed by atoms with Gasteiger partial charge in [0.25, 0.3) is 0 Å². The van der Waals surface area contributed by atoms with Crippen LogP contribution in [0.3, 0.4) is 0 Å². The highest BCUT2D eigenvalue weighted by Gasteiger charge is 2.24. The molecule has 8 heteroatoms. The zero-order chi connectivity index (χ0) is 16.7. The van der Waals surface area contributed by atoms with Crippen LogP contribution in [0.5, 0.6) is 0 Å². The molecular weight excluding hydrogens is 329 g/mol. The van der Waals surface area contributed by atoms with Gasteiger partial charge < -0.3 is 0 Å². The third kappa shape index (κ3) is 3.02. The van der Waals surface area contributed by atoms with Gasteiger partial charge in [-0.25, -0.2) is 12.8 Å². The number of rotatable bonds is 4. The van der Waals surface area contributed by atoms with E-state index in [2.05, 4.69) is 5.10 Å². The van der Waals surface area contributed by atoms with Crippen molar-refractivity contribution in [3.63, 3.8) is 0 Å². The molecule has 120 valence electrons. The van der Waals surface area contributed by atoms with Crippen LogP contribution in [0.2, 0.25) is 5.02 Å². The Labute approximate surface area is 134 Å². The average molecular weight is 346 g/mol. The van der Waals surface area contributed by atoms with Gasteiger partial charge in [-0.15, -0.1) is 0 Å². The van der Waals surface area contributed by atoms with Gasteiger partial charge in [0.2, 0.25) is 10.0 Å². The van der Waals surface area contributed by atoms with Crippen LogP contribution < -0.4 is 0 Å². The van der Waals surface area contributed by atoms with E-state index in [-0.39, 0.29) is 16.5 Å². The molecule has 1 aromatic carbocycles. The van der Waals surface area contributed by atoms with Crippen LogP contribution in [0.4, 0.5) is 4.39 Å². The van der Waals surface area contributed by atoms with Gasteiger partial charge in [0.05, 0.1) is 15.6 Å². The average Bonchev–Trinajstić information content (AvgIpc) is 2.68. The Morgan fingerprint density at radius 1 is 1.36 bits per heavy atom. The molecule has 22 heavy (non-hydrogen) atoms. The fourth-order valence-electron chi connectivity index (χ4n) is 2.17. The van der Waals surface area contributed by atoms with E-state index in [0.29, 0.717) is 0 Å². The van der Waals surface area contributed by atoms with Gasteiger partial charge in [-0.2, -0.15) is 9.40 Å². The SMILES string of the molecule is Cc1nn(C)c(C)c1CN(C)S(=O)(=O)c1ccc(F)c(Cl)c1. The monoisotopic (exact) mass is 345 g/mol. The third-order valence-corrected chi connectivity index (χ3v) is 5.73. The number of aryl methyl sites for hydroxylation is 2. The molecule has 0 amide bonds. The van der Waals surface area contributed by atoms with E-state index in [1.807, 2.05) is 13.8 Å². The first-order valence-corrected chi connectivity index (χ1v) is 8.37. The zero-order valence-corrected chi connectivity index (χ0v) is 14.3. The Morgan fingerprint density at radius 3 is 2.50 bits per heavy atom. The molecule has 0 atom stereocenters. The number of sulfonamides is 1. The predicted octanol–water partition coefficient (Wildman–Crippen LogP) is 2.65. The summed E-state index contributed by atoms with van der Waals surface area (Å²) in [6, 6.07) is 3.37. The molecule has 0 spiro atoms. The zero-order valence-electron chi connectivity index (χ0n) is 12.8. The lowest BCUT2D eigenvalue weighted by Crippen LogP contribution is -2.27. The topological polar surface area (TPSA) is 55.2 Å². The second-order valence-corrected chi connectivity index (χ2v) is 7.56. The van der Waals surface area contributed by atoms with Crippen molar-refractivity contribution in [2.75, 3.05) is 7.05 Å². The van der Waals surface area contributed by atoms with Crippen LogP contribution in [0, 0.1) is 19.7 Å². The highest BCUT2D eigenvalue weighted by atomic mass is 35.5. The maximum absolute atomic E-state index is 13.2. The van der Waals surface area contributed by atoms with E-state index in [1.165, 1.54) is 17.4 Å². The van der Waals surface area contributed by atoms with E-state index >= 15 is 0 Å². The fourth-order valence-corrected chi connectivity index (χ4v) is 3.58. The molecule has 0 bridgehead atoms. The van der Waals surface area contributed by atoms with Crippen molar-refractivity contribution < 1.29 is 12.8 Å². The van der Waals surface area contributed by atoms with Gasteiger partial charge in [0, 0.05) is 31.9 Å². The van der Waals surface area contributed by atoms with E-state index in [4.69, 9.17) is 11.6 Å². The molecule has 2 rings (SSSR count). The van der Waals surface area contributed by atoms with Crippen molar-refractivity contribution in [3.05, 3.63) is 46.0 Å². The summed E-state index contributed by atoms with van der Waals surface area (Å²) >= 11 is 5.67. The summed E-state index contributed by atoms with van der Waals surface area (Å²) in [4.78, 5) is -0.0411. The minimum Gasteiger partial charge on any atom is -0.272 e. The highest BCUT2D eigenvalue weighted by Crippen LogP contribution is 2.23. The molecule has 0 radical (unpaired) electrons. The summed E-state index contributed by atoms with van der Waals surface area (Å²) in [5.41, 5.74) is 2.53. The molecule has 0 unspecified atom stereocenters. The van der Waals surface area contributed by atoms with Crippen molar-refractivity contribution in [3.8, 4) is 0 Å². The largest absolute Gasteiger partial charge is 0.272 e. The Morgan fingerprint density at radius 2 is 2.00 bits per heavy atom. The maximum atomic E-state index is 13.2. The third-order valence-electron chi connectivity index (χ3n) is 3.64. The van der Waals surface area contributed by atoms with E-state index in [9.17, 15) is 12.8 Å². The van der Waals surface area contributed by atoms with E-state index in [1.54, 1.807) is 11.7 Å². The molecule has 1 heterocycles. The lowest BCUT2D eigenvalue weighted by atomic mass is 10.2. The normalized spacial score (nSPS) is 12.1. The summed E-state index contributed by atoms with van der Waals surface area (Å²) in [5.74, 6) is -0.651. The van der Waals surface area contributed by atoms with Gasteiger partial charge in [0.15, 0.2) is 0 Å². The van der Waals surface area contributed by atoms with Crippen molar-refractivity contribution in [2.24, 2.45) is 7.05 Å². The molecular formula is C14H17ClFN3O2S. The van der Waals surface area contributed by atoms with Crippen LogP contribution in [-0.2, 0) is 23.6 Å². The molecule has 5 nitrogen and oxygen atoms in total. The molecule has 0 saturated carbocycles. The number of halogens is 2. The number of nitrogens with zero attached hydrogens (tertiary/aromatic N) is 3. The van der Waals surface area contributed by atoms with E-state index in [0.717, 1.165) is 29.1 Å². The predicted molar refractivity (Wildman–Crippen MR) is 82.7 cm³/mol. The number of aromatic nitrogens is 2. The number of benzene rings is 1. The first-order valence-electron chi connectivity index (χ1n) is 6.55. The molecule has 1 aromatic heterocycles. The summed E-state index contributed by atoms with van der Waals surface area (Å²) in [7, 11) is -0.479. The van der Waals surface area contributed by atoms with Crippen LogP contribution in [0.1, 0.15) is 17.0 Å². The summed E-state index contributed by atoms with van der Waals surface area (Å²) < 4.78 is 41.2. The summed E-state index contributed by atoms with van der Waals surface area (Å²) in [6.45, 7) is 3.89. The van der Waals surface area contributed by atoms with Crippen molar-refractivity contribution in [2.45, 2.75) is 25.3 Å². The Kier molecular flexibility index (Phi) is 4.60.